The van der Waals surface area contributed by atoms with Gasteiger partial charge in [0.05, 0.1) is 0 Å². The monoisotopic (exact) mass is 508 g/mol. The second kappa shape index (κ2) is 7.02. The molecule has 2 N–H and O–H groups in total. The van der Waals surface area contributed by atoms with Gasteiger partial charge in [-0.05, 0) is 17.9 Å². The maximum Gasteiger partial charge on any atom is 0.121 e. The van der Waals surface area contributed by atoms with Gasteiger partial charge in [-0.2, -0.15) is 5.52 Å². The van der Waals surface area contributed by atoms with E-state index in [-0.39, 0.29) is 53.8 Å². The smallest absolute Gasteiger partial charge is 0.121 e. The molecule has 1 radical (unpaired) electrons. The predicted octanol–water partition coefficient (Wildman–Crippen LogP) is 3.66. The minimum Gasteiger partial charge on any atom is -0.508 e. The number of benzene rings is 2. The first-order valence-corrected chi connectivity index (χ1v) is 5.88. The first-order valence-electron chi connectivity index (χ1n) is 5.88. The number of H-pyrrole nitrogens is 1. The quantitative estimate of drug-likeness (QED) is 0.403. The van der Waals surface area contributed by atoms with E-state index in [2.05, 4.69) is 23.7 Å². The van der Waals surface area contributed by atoms with Crippen LogP contribution in [0.5, 0.6) is 5.75 Å². The molecule has 99 valence electrons. The predicted molar refractivity (Wildman–Crippen MR) is 73.8 cm³/mol. The van der Waals surface area contributed by atoms with Crippen molar-refractivity contribution < 1.29 is 58.9 Å². The Morgan fingerprint density at radius 1 is 1.40 bits per heavy atom. The van der Waals surface area contributed by atoms with E-state index in [1.54, 1.807) is 12.1 Å². The summed E-state index contributed by atoms with van der Waals surface area (Å²) in [5.41, 5.74) is 3.82. The normalized spacial score (nSPS) is 10.1. The van der Waals surface area contributed by atoms with E-state index in [0.717, 1.165) is 32.9 Å². The molecule has 0 aliphatic carbocycles. The van der Waals surface area contributed by atoms with E-state index in [1.807, 2.05) is 19.1 Å². The first kappa shape index (κ1) is 17.6. The molecule has 0 bridgehead atoms. The Morgan fingerprint density at radius 2 is 2.15 bits per heavy atom. The van der Waals surface area contributed by atoms with Crippen molar-refractivity contribution >= 4 is 21.8 Å². The molecule has 20 heavy (non-hydrogen) atoms. The summed E-state index contributed by atoms with van der Waals surface area (Å²) >= 11 is 0. The zero-order valence-electron chi connectivity index (χ0n) is 11.2. The van der Waals surface area contributed by atoms with Gasteiger partial charge in [-0.25, -0.2) is 5.39 Å². The van der Waals surface area contributed by atoms with Gasteiger partial charge >= 0.3 is 0 Å². The van der Waals surface area contributed by atoms with E-state index in [4.69, 9.17) is 0 Å². The maximum atomic E-state index is 9.93. The van der Waals surface area contributed by atoms with Crippen LogP contribution in [-0.4, -0.2) is 10.1 Å². The molecule has 0 unspecified atom stereocenters. The van der Waals surface area contributed by atoms with E-state index >= 15 is 0 Å². The maximum absolute atomic E-state index is 9.93. The number of phenols is 1. The Kier molecular flexibility index (Phi) is 6.19. The van der Waals surface area contributed by atoms with Crippen LogP contribution in [0.25, 0.3) is 21.8 Å². The van der Waals surface area contributed by atoms with Gasteiger partial charge in [0, 0.05) is 64.9 Å². The number of aromatic nitrogens is 1. The van der Waals surface area contributed by atoms with E-state index in [0.29, 0.717) is 12.2 Å². The molecule has 1 heterocycles. The van der Waals surface area contributed by atoms with Gasteiger partial charge in [0.2, 0.25) is 0 Å². The van der Waals surface area contributed by atoms with Crippen molar-refractivity contribution in [2.45, 2.75) is 13.3 Å². The van der Waals surface area contributed by atoms with Crippen molar-refractivity contribution in [2.24, 2.45) is 0 Å². The average molecular weight is 508 g/mol. The van der Waals surface area contributed by atoms with Gasteiger partial charge in [0.25, 0.3) is 0 Å². The van der Waals surface area contributed by atoms with Gasteiger partial charge < -0.3 is 22.2 Å². The van der Waals surface area contributed by atoms with Crippen molar-refractivity contribution in [1.29, 1.82) is 0 Å². The molecule has 0 atom stereocenters. The fourth-order valence-corrected chi connectivity index (χ4v) is 2.33. The number of aromatic hydroxyl groups is 1. The van der Waals surface area contributed by atoms with Crippen LogP contribution in [0.15, 0.2) is 30.9 Å². The second-order valence-corrected chi connectivity index (χ2v) is 4.43. The summed E-state index contributed by atoms with van der Waals surface area (Å²) in [5, 5.41) is 12.1. The summed E-state index contributed by atoms with van der Waals surface area (Å²) in [6, 6.07) is 12.0. The molecule has 0 aliphatic rings. The Labute approximate surface area is 157 Å². The molecule has 3 rings (SSSR count). The van der Waals surface area contributed by atoms with Gasteiger partial charge in [-0.1, -0.05) is 19.1 Å². The third-order valence-corrected chi connectivity index (χ3v) is 3.18. The van der Waals surface area contributed by atoms with E-state index < -0.39 is 0 Å². The number of fused-ring (bicyclic) bond motifs is 3. The molecule has 2 aromatic carbocycles. The minimum atomic E-state index is 0. The number of allylic oxidation sites excluding steroid dienone is 1. The van der Waals surface area contributed by atoms with Gasteiger partial charge in [-0.3, -0.25) is 11.6 Å². The fourth-order valence-electron chi connectivity index (χ4n) is 2.33. The number of aromatic amines is 1. The molecule has 2 nitrogen and oxygen atoms in total. The Morgan fingerprint density at radius 3 is 2.85 bits per heavy atom. The summed E-state index contributed by atoms with van der Waals surface area (Å²) in [4.78, 5) is 3.33. The van der Waals surface area contributed by atoms with Crippen molar-refractivity contribution in [3.05, 3.63) is 54.1 Å². The minimum absolute atomic E-state index is 0. The molecule has 4 heteroatoms. The van der Waals surface area contributed by atoms with Crippen LogP contribution in [0.1, 0.15) is 11.1 Å². The molecule has 0 spiro atoms. The van der Waals surface area contributed by atoms with Crippen LogP contribution in [-0.2, 0) is 60.2 Å². The molecule has 3 aromatic rings. The molecular formula is C16H13NOWY-2. The molecule has 1 aromatic heterocycles. The topological polar surface area (TPSA) is 36.0 Å². The number of rotatable bonds is 2. The molecule has 0 amide bonds. The standard InChI is InChI=1S/C16H13NO.W.Y/c1-3-4-12-15(18)8-6-11-13-9-10(2)5-7-14(13)17-16(11)12;;/h3,6-8,17-18H,1,4H2,2H3;;/q-2;;. The number of phenolic OH excluding ortho intramolecular Hbond substituents is 1. The first-order chi connectivity index (χ1) is 8.70. The molecular weight excluding hydrogens is 495 g/mol. The number of hydrogen-bond acceptors (Lipinski definition) is 1. The van der Waals surface area contributed by atoms with E-state index in [9.17, 15) is 5.11 Å². The van der Waals surface area contributed by atoms with Crippen LogP contribution in [0.3, 0.4) is 0 Å². The third kappa shape index (κ3) is 2.93. The van der Waals surface area contributed by atoms with E-state index in [1.165, 1.54) is 0 Å². The second-order valence-electron chi connectivity index (χ2n) is 4.43. The number of nitrogens with one attached hydrogen (secondary N) is 1. The van der Waals surface area contributed by atoms with Crippen LogP contribution < -0.4 is 0 Å². The van der Waals surface area contributed by atoms with Crippen molar-refractivity contribution in [2.75, 3.05) is 0 Å². The fraction of sp³-hybridized carbons (Fsp3) is 0.125. The van der Waals surface area contributed by atoms with Crippen LogP contribution >= 0.6 is 0 Å². The average Bonchev–Trinajstić information content (AvgIpc) is 2.71. The summed E-state index contributed by atoms with van der Waals surface area (Å²) < 4.78 is 0. The van der Waals surface area contributed by atoms with Gasteiger partial charge in [-0.15, -0.1) is 6.58 Å². The summed E-state index contributed by atoms with van der Waals surface area (Å²) in [5.74, 6) is 0.301. The number of hydrogen-bond donors (Lipinski definition) is 2. The van der Waals surface area contributed by atoms with Crippen molar-refractivity contribution in [3.8, 4) is 5.75 Å². The third-order valence-electron chi connectivity index (χ3n) is 3.18. The zero-order valence-corrected chi connectivity index (χ0v) is 16.9. The zero-order chi connectivity index (χ0) is 12.7. The van der Waals surface area contributed by atoms with Crippen LogP contribution in [0, 0.1) is 19.1 Å². The molecule has 0 saturated heterocycles. The molecule has 0 fully saturated rings. The van der Waals surface area contributed by atoms with Crippen molar-refractivity contribution in [3.63, 3.8) is 0 Å². The van der Waals surface area contributed by atoms with Crippen molar-refractivity contribution in [1.82, 2.24) is 4.98 Å². The largest absolute Gasteiger partial charge is 0.508 e. The molecule has 0 aliphatic heterocycles. The SMILES string of the molecule is C=CCc1c(O)ccc2c1[nH]c1c[c-]c(C)[c-]c12.[W].[Y]. The number of aryl methyl sites for hydroxylation is 1. The van der Waals surface area contributed by atoms with Gasteiger partial charge in [0.15, 0.2) is 0 Å². The Hall–Kier alpha value is -0.428. The summed E-state index contributed by atoms with van der Waals surface area (Å²) in [7, 11) is 0. The van der Waals surface area contributed by atoms with Gasteiger partial charge in [0.1, 0.15) is 5.75 Å². The summed E-state index contributed by atoms with van der Waals surface area (Å²) in [6.45, 7) is 5.71. The Bertz CT molecular complexity index is 764. The summed E-state index contributed by atoms with van der Waals surface area (Å²) in [6.07, 6.45) is 2.43. The van der Waals surface area contributed by atoms with Crippen LogP contribution in [0.2, 0.25) is 0 Å². The Balaban J connectivity index is 0.000001000. The molecule has 0 saturated carbocycles. The van der Waals surface area contributed by atoms with Crippen LogP contribution in [0.4, 0.5) is 0 Å².